The summed E-state index contributed by atoms with van der Waals surface area (Å²) in [6.45, 7) is 6.79. The number of carbonyl (C=O) groups excluding carboxylic acids is 1. The summed E-state index contributed by atoms with van der Waals surface area (Å²) in [5.41, 5.74) is 6.08. The van der Waals surface area contributed by atoms with Crippen molar-refractivity contribution in [1.29, 1.82) is 0 Å². The van der Waals surface area contributed by atoms with Gasteiger partial charge in [0.15, 0.2) is 0 Å². The summed E-state index contributed by atoms with van der Waals surface area (Å²) in [6, 6.07) is 9.19. The molecule has 0 aliphatic rings. The zero-order valence-electron chi connectivity index (χ0n) is 10.2. The number of amides is 1. The first-order valence-electron chi connectivity index (χ1n) is 5.40. The highest BCUT2D eigenvalue weighted by Gasteiger charge is 2.26. The number of hydrogen-bond acceptors (Lipinski definition) is 3. The predicted octanol–water partition coefficient (Wildman–Crippen LogP) is 1.77. The first-order chi connectivity index (χ1) is 9.10. The second-order valence-corrected chi connectivity index (χ2v) is 3.96. The standard InChI is InChI=1S/C13H14N4OS/c1-3-16-12(15-2)10(11(14)18)13(19)17-9-7-5-4-6-8-9/h3-8,10H,1-2H2,(H2,14,18)(H,17,19). The highest BCUT2D eigenvalue weighted by molar-refractivity contribution is 7.80. The predicted molar refractivity (Wildman–Crippen MR) is 82.5 cm³/mol. The lowest BCUT2D eigenvalue weighted by Gasteiger charge is -2.15. The van der Waals surface area contributed by atoms with E-state index in [2.05, 4.69) is 28.6 Å². The Bertz CT molecular complexity index is 525. The number of hydrogen-bond donors (Lipinski definition) is 2. The van der Waals surface area contributed by atoms with Crippen LogP contribution in [0.5, 0.6) is 0 Å². The molecule has 0 spiro atoms. The molecule has 1 unspecified atom stereocenters. The number of primary amides is 1. The summed E-state index contributed by atoms with van der Waals surface area (Å²) < 4.78 is 0. The molecule has 1 rings (SSSR count). The maximum Gasteiger partial charge on any atom is 0.235 e. The van der Waals surface area contributed by atoms with Crippen molar-refractivity contribution in [3.05, 3.63) is 43.1 Å². The Morgan fingerprint density at radius 2 is 2.05 bits per heavy atom. The molecule has 1 aromatic carbocycles. The van der Waals surface area contributed by atoms with Crippen LogP contribution in [0, 0.1) is 5.92 Å². The van der Waals surface area contributed by atoms with Crippen LogP contribution < -0.4 is 11.1 Å². The lowest BCUT2D eigenvalue weighted by atomic mass is 10.1. The van der Waals surface area contributed by atoms with Crippen LogP contribution in [-0.2, 0) is 4.79 Å². The second kappa shape index (κ2) is 7.17. The lowest BCUT2D eigenvalue weighted by molar-refractivity contribution is -0.118. The molecule has 0 aliphatic carbocycles. The van der Waals surface area contributed by atoms with Crippen LogP contribution in [0.25, 0.3) is 0 Å². The molecule has 3 N–H and O–H groups in total. The van der Waals surface area contributed by atoms with E-state index < -0.39 is 11.8 Å². The van der Waals surface area contributed by atoms with Crippen LogP contribution >= 0.6 is 12.2 Å². The van der Waals surface area contributed by atoms with E-state index in [1.165, 1.54) is 6.20 Å². The van der Waals surface area contributed by atoms with Crippen molar-refractivity contribution >= 4 is 41.4 Å². The van der Waals surface area contributed by atoms with E-state index in [0.29, 0.717) is 0 Å². The number of benzene rings is 1. The Kier molecular flexibility index (Phi) is 5.56. The number of rotatable bonds is 5. The average Bonchev–Trinajstić information content (AvgIpc) is 2.38. The molecule has 0 fully saturated rings. The number of nitrogens with one attached hydrogen (secondary N) is 1. The molecule has 19 heavy (non-hydrogen) atoms. The first kappa shape index (κ1) is 14.7. The topological polar surface area (TPSA) is 79.8 Å². The van der Waals surface area contributed by atoms with Gasteiger partial charge in [-0.1, -0.05) is 37.0 Å². The minimum Gasteiger partial charge on any atom is -0.369 e. The zero-order valence-corrected chi connectivity index (χ0v) is 11.1. The van der Waals surface area contributed by atoms with Gasteiger partial charge in [0.25, 0.3) is 0 Å². The van der Waals surface area contributed by atoms with Gasteiger partial charge < -0.3 is 11.1 Å². The number of nitrogens with zero attached hydrogens (tertiary/aromatic N) is 2. The number of carbonyl (C=O) groups is 1. The molecule has 1 atom stereocenters. The molecule has 0 aromatic heterocycles. The molecular weight excluding hydrogens is 260 g/mol. The van der Waals surface area contributed by atoms with Gasteiger partial charge in [-0.3, -0.25) is 4.79 Å². The van der Waals surface area contributed by atoms with Gasteiger partial charge in [0.1, 0.15) is 16.7 Å². The molecule has 0 saturated carbocycles. The highest BCUT2D eigenvalue weighted by atomic mass is 32.1. The fraction of sp³-hybridized carbons (Fsp3) is 0.0769. The van der Waals surface area contributed by atoms with E-state index in [0.717, 1.165) is 5.69 Å². The Labute approximate surface area is 116 Å². The van der Waals surface area contributed by atoms with Crippen molar-refractivity contribution in [2.75, 3.05) is 5.32 Å². The number of amidine groups is 1. The van der Waals surface area contributed by atoms with Gasteiger partial charge in [0.2, 0.25) is 5.91 Å². The molecule has 98 valence electrons. The maximum absolute atomic E-state index is 11.5. The van der Waals surface area contributed by atoms with Gasteiger partial charge in [-0.05, 0) is 18.9 Å². The van der Waals surface area contributed by atoms with E-state index in [9.17, 15) is 4.79 Å². The molecule has 1 aromatic rings. The molecule has 5 nitrogen and oxygen atoms in total. The smallest absolute Gasteiger partial charge is 0.235 e. The van der Waals surface area contributed by atoms with E-state index in [1.54, 1.807) is 0 Å². The number of aliphatic imine (C=N–C) groups is 2. The van der Waals surface area contributed by atoms with Gasteiger partial charge in [0, 0.05) is 11.9 Å². The molecule has 0 saturated heterocycles. The van der Waals surface area contributed by atoms with Crippen molar-refractivity contribution in [1.82, 2.24) is 0 Å². The van der Waals surface area contributed by atoms with Crippen molar-refractivity contribution in [2.24, 2.45) is 21.6 Å². The van der Waals surface area contributed by atoms with Crippen LogP contribution in [0.2, 0.25) is 0 Å². The summed E-state index contributed by atoms with van der Waals surface area (Å²) in [6.07, 6.45) is 1.26. The summed E-state index contributed by atoms with van der Waals surface area (Å²) in [5, 5.41) is 2.92. The third kappa shape index (κ3) is 4.11. The minimum atomic E-state index is -0.939. The number of thiocarbonyl (C=S) groups is 1. The third-order valence-electron chi connectivity index (χ3n) is 2.23. The van der Waals surface area contributed by atoms with Gasteiger partial charge in [0.05, 0.1) is 0 Å². The van der Waals surface area contributed by atoms with Crippen molar-refractivity contribution in [3.63, 3.8) is 0 Å². The van der Waals surface area contributed by atoms with Crippen LogP contribution in [0.15, 0.2) is 53.1 Å². The summed E-state index contributed by atoms with van der Waals surface area (Å²) in [7, 11) is 0. The Morgan fingerprint density at radius 3 is 2.53 bits per heavy atom. The van der Waals surface area contributed by atoms with Gasteiger partial charge in [-0.2, -0.15) is 0 Å². The van der Waals surface area contributed by atoms with Gasteiger partial charge in [-0.25, -0.2) is 9.98 Å². The van der Waals surface area contributed by atoms with E-state index in [-0.39, 0.29) is 10.8 Å². The molecule has 1 amide bonds. The Balaban J connectivity index is 2.97. The Hall–Kier alpha value is -2.34. The summed E-state index contributed by atoms with van der Waals surface area (Å²) in [4.78, 5) is 19.2. The molecule has 0 aliphatic heterocycles. The second-order valence-electron chi connectivity index (χ2n) is 3.52. The van der Waals surface area contributed by atoms with Crippen LogP contribution in [-0.4, -0.2) is 23.4 Å². The average molecular weight is 274 g/mol. The van der Waals surface area contributed by atoms with Crippen LogP contribution in [0.1, 0.15) is 0 Å². The first-order valence-corrected chi connectivity index (χ1v) is 5.81. The highest BCUT2D eigenvalue weighted by Crippen LogP contribution is 2.11. The fourth-order valence-corrected chi connectivity index (χ4v) is 1.75. The minimum absolute atomic E-state index is 0.121. The molecule has 0 heterocycles. The number of nitrogens with two attached hydrogens (primary N) is 1. The largest absolute Gasteiger partial charge is 0.369 e. The van der Waals surface area contributed by atoms with Crippen LogP contribution in [0.4, 0.5) is 5.69 Å². The van der Waals surface area contributed by atoms with E-state index in [4.69, 9.17) is 18.0 Å². The zero-order chi connectivity index (χ0) is 14.3. The quantitative estimate of drug-likeness (QED) is 0.488. The van der Waals surface area contributed by atoms with Crippen LogP contribution in [0.3, 0.4) is 0 Å². The van der Waals surface area contributed by atoms with Gasteiger partial charge in [-0.15, -0.1) is 0 Å². The molecular formula is C13H14N4OS. The van der Waals surface area contributed by atoms with Crippen molar-refractivity contribution < 1.29 is 4.79 Å². The number of para-hydroxylation sites is 1. The maximum atomic E-state index is 11.5. The summed E-state index contributed by atoms with van der Waals surface area (Å²) >= 11 is 5.18. The van der Waals surface area contributed by atoms with Crippen molar-refractivity contribution in [2.45, 2.75) is 0 Å². The Morgan fingerprint density at radius 1 is 1.42 bits per heavy atom. The molecule has 0 bridgehead atoms. The SMILES string of the molecule is C=CN=C(N=C)C(C(N)=O)C(=S)Nc1ccccc1. The lowest BCUT2D eigenvalue weighted by Crippen LogP contribution is -2.38. The third-order valence-corrected chi connectivity index (χ3v) is 2.57. The molecule has 0 radical (unpaired) electrons. The number of anilines is 1. The monoisotopic (exact) mass is 274 g/mol. The van der Waals surface area contributed by atoms with E-state index >= 15 is 0 Å². The molecule has 6 heteroatoms. The summed E-state index contributed by atoms with van der Waals surface area (Å²) in [5.74, 6) is -1.47. The van der Waals surface area contributed by atoms with Crippen molar-refractivity contribution in [3.8, 4) is 0 Å². The van der Waals surface area contributed by atoms with E-state index in [1.807, 2.05) is 30.3 Å². The van der Waals surface area contributed by atoms with Gasteiger partial charge >= 0.3 is 0 Å². The fourth-order valence-electron chi connectivity index (χ4n) is 1.41. The normalized spacial score (nSPS) is 12.3.